The normalized spacial score (nSPS) is 16.9. The number of nitrogen functional groups attached to an aromatic ring is 1. The SMILES string of the molecule is CC(C)(C)C(=O)ON1CCN(c2ccc(N)cc2)C(=O)C1. The number of nitrogens with zero attached hydrogens (tertiary/aromatic N) is 2. The van der Waals surface area contributed by atoms with Crippen molar-refractivity contribution in [2.45, 2.75) is 20.8 Å². The second-order valence-corrected chi connectivity index (χ2v) is 6.13. The Morgan fingerprint density at radius 1 is 1.19 bits per heavy atom. The molecule has 1 aliphatic rings. The lowest BCUT2D eigenvalue weighted by Gasteiger charge is -2.34. The van der Waals surface area contributed by atoms with E-state index in [1.807, 2.05) is 12.1 Å². The van der Waals surface area contributed by atoms with Crippen molar-refractivity contribution in [3.63, 3.8) is 0 Å². The average molecular weight is 291 g/mol. The van der Waals surface area contributed by atoms with E-state index in [9.17, 15) is 9.59 Å². The molecule has 1 saturated heterocycles. The molecule has 2 N–H and O–H groups in total. The smallest absolute Gasteiger partial charge is 0.330 e. The van der Waals surface area contributed by atoms with Gasteiger partial charge in [-0.25, -0.2) is 4.79 Å². The van der Waals surface area contributed by atoms with Gasteiger partial charge >= 0.3 is 5.97 Å². The Morgan fingerprint density at radius 3 is 2.33 bits per heavy atom. The quantitative estimate of drug-likeness (QED) is 0.834. The molecule has 21 heavy (non-hydrogen) atoms. The molecule has 1 aromatic carbocycles. The summed E-state index contributed by atoms with van der Waals surface area (Å²) in [6, 6.07) is 7.14. The fraction of sp³-hybridized carbons (Fsp3) is 0.467. The molecule has 1 fully saturated rings. The minimum absolute atomic E-state index is 0.0617. The summed E-state index contributed by atoms with van der Waals surface area (Å²) in [5.41, 5.74) is 6.51. The van der Waals surface area contributed by atoms with Crippen molar-refractivity contribution < 1.29 is 14.4 Å². The zero-order valence-corrected chi connectivity index (χ0v) is 12.6. The molecular formula is C15H21N3O3. The lowest BCUT2D eigenvalue weighted by molar-refractivity contribution is -0.202. The van der Waals surface area contributed by atoms with Crippen LogP contribution in [0.3, 0.4) is 0 Å². The molecule has 0 aliphatic carbocycles. The number of hydrogen-bond donors (Lipinski definition) is 1. The standard InChI is InChI=1S/C15H21N3O3/c1-15(2,3)14(20)21-17-8-9-18(13(19)10-17)12-6-4-11(16)5-7-12/h4-7H,8-10,16H2,1-3H3. The molecule has 1 heterocycles. The van der Waals surface area contributed by atoms with Crippen LogP contribution in [0.25, 0.3) is 0 Å². The number of hydroxylamine groups is 2. The first-order valence-electron chi connectivity index (χ1n) is 6.90. The highest BCUT2D eigenvalue weighted by Gasteiger charge is 2.31. The van der Waals surface area contributed by atoms with Gasteiger partial charge in [0.05, 0.1) is 12.0 Å². The summed E-state index contributed by atoms with van der Waals surface area (Å²) in [6.45, 7) is 6.36. The molecule has 114 valence electrons. The summed E-state index contributed by atoms with van der Waals surface area (Å²) in [6.07, 6.45) is 0. The highest BCUT2D eigenvalue weighted by molar-refractivity contribution is 5.95. The maximum Gasteiger partial charge on any atom is 0.330 e. The van der Waals surface area contributed by atoms with E-state index < -0.39 is 5.41 Å². The van der Waals surface area contributed by atoms with Crippen LogP contribution in [-0.4, -0.2) is 36.6 Å². The highest BCUT2D eigenvalue weighted by atomic mass is 16.7. The topological polar surface area (TPSA) is 75.9 Å². The summed E-state index contributed by atoms with van der Waals surface area (Å²) in [7, 11) is 0. The van der Waals surface area contributed by atoms with Gasteiger partial charge in [-0.05, 0) is 45.0 Å². The number of hydrogen-bond acceptors (Lipinski definition) is 5. The molecule has 6 heteroatoms. The Morgan fingerprint density at radius 2 is 1.81 bits per heavy atom. The molecule has 0 atom stereocenters. The van der Waals surface area contributed by atoms with Gasteiger partial charge in [0.2, 0.25) is 5.91 Å². The molecule has 0 saturated carbocycles. The van der Waals surface area contributed by atoms with E-state index in [2.05, 4.69) is 0 Å². The van der Waals surface area contributed by atoms with Gasteiger partial charge in [0.15, 0.2) is 0 Å². The number of carbonyl (C=O) groups is 2. The predicted molar refractivity (Wildman–Crippen MR) is 80.3 cm³/mol. The maximum atomic E-state index is 12.2. The van der Waals surface area contributed by atoms with Crippen LogP contribution in [0, 0.1) is 5.41 Å². The largest absolute Gasteiger partial charge is 0.399 e. The van der Waals surface area contributed by atoms with Crippen LogP contribution in [0.4, 0.5) is 11.4 Å². The average Bonchev–Trinajstić information content (AvgIpc) is 2.39. The van der Waals surface area contributed by atoms with Crippen molar-refractivity contribution in [2.75, 3.05) is 30.3 Å². The van der Waals surface area contributed by atoms with Crippen LogP contribution in [0.1, 0.15) is 20.8 Å². The third-order valence-corrected chi connectivity index (χ3v) is 3.21. The van der Waals surface area contributed by atoms with Crippen LogP contribution < -0.4 is 10.6 Å². The zero-order chi connectivity index (χ0) is 15.6. The number of benzene rings is 1. The zero-order valence-electron chi connectivity index (χ0n) is 12.6. The Bertz CT molecular complexity index is 534. The van der Waals surface area contributed by atoms with E-state index in [1.54, 1.807) is 37.8 Å². The lowest BCUT2D eigenvalue weighted by atomic mass is 9.98. The van der Waals surface area contributed by atoms with Crippen LogP contribution in [-0.2, 0) is 14.4 Å². The van der Waals surface area contributed by atoms with Crippen molar-refractivity contribution in [1.29, 1.82) is 0 Å². The maximum absolute atomic E-state index is 12.2. The number of anilines is 2. The molecule has 1 aliphatic heterocycles. The highest BCUT2D eigenvalue weighted by Crippen LogP contribution is 2.21. The Labute approximate surface area is 124 Å². The number of nitrogens with two attached hydrogens (primary N) is 1. The Kier molecular flexibility index (Phi) is 4.18. The molecule has 1 amide bonds. The van der Waals surface area contributed by atoms with Gasteiger partial charge in [-0.15, -0.1) is 5.06 Å². The molecule has 1 aromatic rings. The first kappa shape index (κ1) is 15.3. The summed E-state index contributed by atoms with van der Waals surface area (Å²) >= 11 is 0. The second kappa shape index (κ2) is 5.73. The third kappa shape index (κ3) is 3.72. The number of carbonyl (C=O) groups excluding carboxylic acids is 2. The van der Waals surface area contributed by atoms with Crippen LogP contribution in [0.15, 0.2) is 24.3 Å². The van der Waals surface area contributed by atoms with Gasteiger partial charge in [-0.3, -0.25) is 4.79 Å². The van der Waals surface area contributed by atoms with E-state index in [4.69, 9.17) is 10.6 Å². The molecule has 2 rings (SSSR count). The number of piperazine rings is 1. The first-order valence-corrected chi connectivity index (χ1v) is 6.90. The van der Waals surface area contributed by atoms with E-state index in [0.717, 1.165) is 5.69 Å². The van der Waals surface area contributed by atoms with Crippen LogP contribution in [0.5, 0.6) is 0 Å². The molecule has 0 spiro atoms. The molecule has 0 bridgehead atoms. The Hall–Kier alpha value is -2.08. The third-order valence-electron chi connectivity index (χ3n) is 3.21. The van der Waals surface area contributed by atoms with E-state index in [0.29, 0.717) is 18.8 Å². The van der Waals surface area contributed by atoms with Crippen molar-refractivity contribution in [1.82, 2.24) is 5.06 Å². The van der Waals surface area contributed by atoms with E-state index in [1.165, 1.54) is 5.06 Å². The van der Waals surface area contributed by atoms with Crippen LogP contribution in [0.2, 0.25) is 0 Å². The van der Waals surface area contributed by atoms with Crippen molar-refractivity contribution in [3.8, 4) is 0 Å². The second-order valence-electron chi connectivity index (χ2n) is 6.13. The first-order chi connectivity index (χ1) is 9.77. The van der Waals surface area contributed by atoms with Crippen LogP contribution >= 0.6 is 0 Å². The molecule has 6 nitrogen and oxygen atoms in total. The number of amides is 1. The van der Waals surface area contributed by atoms with E-state index >= 15 is 0 Å². The van der Waals surface area contributed by atoms with Gasteiger partial charge in [0, 0.05) is 17.9 Å². The van der Waals surface area contributed by atoms with Gasteiger partial charge in [-0.1, -0.05) is 0 Å². The fourth-order valence-electron chi connectivity index (χ4n) is 1.91. The van der Waals surface area contributed by atoms with Gasteiger partial charge < -0.3 is 15.5 Å². The minimum Gasteiger partial charge on any atom is -0.399 e. The van der Waals surface area contributed by atoms with Gasteiger partial charge in [0.25, 0.3) is 0 Å². The predicted octanol–water partition coefficient (Wildman–Crippen LogP) is 1.42. The van der Waals surface area contributed by atoms with Crippen molar-refractivity contribution in [2.24, 2.45) is 5.41 Å². The summed E-state index contributed by atoms with van der Waals surface area (Å²) in [4.78, 5) is 30.9. The molecule has 0 radical (unpaired) electrons. The van der Waals surface area contributed by atoms with Gasteiger partial charge in [-0.2, -0.15) is 0 Å². The number of rotatable bonds is 2. The monoisotopic (exact) mass is 291 g/mol. The lowest BCUT2D eigenvalue weighted by Crippen LogP contribution is -2.51. The van der Waals surface area contributed by atoms with Crippen molar-refractivity contribution in [3.05, 3.63) is 24.3 Å². The summed E-state index contributed by atoms with van der Waals surface area (Å²) in [5, 5.41) is 1.42. The molecular weight excluding hydrogens is 270 g/mol. The summed E-state index contributed by atoms with van der Waals surface area (Å²) in [5.74, 6) is -0.441. The van der Waals surface area contributed by atoms with Gasteiger partial charge in [0.1, 0.15) is 6.54 Å². The Balaban J connectivity index is 1.98. The fourth-order valence-corrected chi connectivity index (χ4v) is 1.91. The van der Waals surface area contributed by atoms with E-state index in [-0.39, 0.29) is 18.4 Å². The summed E-state index contributed by atoms with van der Waals surface area (Å²) < 4.78 is 0. The molecule has 0 unspecified atom stereocenters. The molecule has 0 aromatic heterocycles. The van der Waals surface area contributed by atoms with Crippen molar-refractivity contribution >= 4 is 23.3 Å². The minimum atomic E-state index is -0.586.